The first-order valence-electron chi connectivity index (χ1n) is 28.0. The van der Waals surface area contributed by atoms with Crippen molar-refractivity contribution in [3.8, 4) is 0 Å². The first-order chi connectivity index (χ1) is 39.3. The van der Waals surface area contributed by atoms with Gasteiger partial charge in [0.15, 0.2) is 0 Å². The lowest BCUT2D eigenvalue weighted by Crippen LogP contribution is -1.84. The summed E-state index contributed by atoms with van der Waals surface area (Å²) in [6.45, 7) is 18.7. The zero-order valence-electron chi connectivity index (χ0n) is 46.9. The zero-order valence-corrected chi connectivity index (χ0v) is 66.5. The lowest BCUT2D eigenvalue weighted by molar-refractivity contribution is 0.897. The third-order valence-corrected chi connectivity index (χ3v) is 46.2. The molecule has 8 aliphatic heterocycles. The van der Waals surface area contributed by atoms with E-state index in [4.69, 9.17) is 0 Å². The predicted molar refractivity (Wildman–Crippen MR) is 427 cm³/mol. The third kappa shape index (κ3) is 21.1. The molecule has 24 heteroatoms. The second-order valence-electron chi connectivity index (χ2n) is 18.2. The van der Waals surface area contributed by atoms with Crippen molar-refractivity contribution in [2.75, 3.05) is 46.0 Å². The van der Waals surface area contributed by atoms with Gasteiger partial charge >= 0.3 is 0 Å². The third-order valence-electron chi connectivity index (χ3n) is 11.5. The molecule has 0 saturated carbocycles. The van der Waals surface area contributed by atoms with Gasteiger partial charge in [0.2, 0.25) is 0 Å². The summed E-state index contributed by atoms with van der Waals surface area (Å²) < 4.78 is 24.2. The van der Waals surface area contributed by atoms with Gasteiger partial charge in [-0.1, -0.05) is 295 Å². The van der Waals surface area contributed by atoms with Gasteiger partial charge in [-0.05, 0) is 108 Å². The second kappa shape index (κ2) is 39.7. The normalized spacial score (nSPS) is 23.8. The van der Waals surface area contributed by atoms with Crippen molar-refractivity contribution in [2.45, 2.75) is 158 Å². The van der Waals surface area contributed by atoms with Gasteiger partial charge in [0.1, 0.15) is 0 Å². The van der Waals surface area contributed by atoms with Crippen LogP contribution in [0.3, 0.4) is 0 Å². The molecule has 0 saturated heterocycles. The zero-order chi connectivity index (χ0) is 56.1. The van der Waals surface area contributed by atoms with E-state index in [1.165, 1.54) is 246 Å². The summed E-state index contributed by atoms with van der Waals surface area (Å²) in [5, 5.41) is 4.85. The van der Waals surface area contributed by atoms with Crippen LogP contribution in [0, 0.1) is 0 Å². The quantitative estimate of drug-likeness (QED) is 0.0552. The summed E-state index contributed by atoms with van der Waals surface area (Å²) in [5.41, 5.74) is 0. The predicted octanol–water partition coefficient (Wildman–Crippen LogP) is 30.2. The average Bonchev–Trinajstić information content (AvgIpc) is 4.38. The summed E-state index contributed by atoms with van der Waals surface area (Å²) in [5.74, 6) is 9.54. The smallest absolute Gasteiger partial charge is 0.0712 e. The van der Waals surface area contributed by atoms with E-state index in [1.54, 1.807) is 0 Å². The van der Waals surface area contributed by atoms with Gasteiger partial charge in [0, 0.05) is 29.4 Å². The molecule has 0 fully saturated rings. The maximum absolute atomic E-state index is 2.43. The summed E-state index contributed by atoms with van der Waals surface area (Å²) in [4.78, 5) is 9.20. The van der Waals surface area contributed by atoms with E-state index in [2.05, 4.69) is 301 Å². The molecular formula is C56H74S24. The maximum atomic E-state index is 2.43. The Balaban J connectivity index is 1.08. The summed E-state index contributed by atoms with van der Waals surface area (Å²) in [6, 6.07) is 0. The Morgan fingerprint density at radius 1 is 0.225 bits per heavy atom. The van der Waals surface area contributed by atoms with Crippen molar-refractivity contribution in [1.29, 1.82) is 0 Å². The molecule has 0 bridgehead atoms. The molecule has 0 spiro atoms. The van der Waals surface area contributed by atoms with Gasteiger partial charge in [0.05, 0.1) is 67.8 Å². The Hall–Kier alpha value is 5.28. The van der Waals surface area contributed by atoms with Gasteiger partial charge < -0.3 is 0 Å². The molecular weight excluding hydrogens is 1440 g/mol. The lowest BCUT2D eigenvalue weighted by Gasteiger charge is -2.08. The monoisotopic (exact) mass is 1510 g/mol. The molecule has 80 heavy (non-hydrogen) atoms. The molecule has 0 amide bonds. The Kier molecular flexibility index (Phi) is 35.3. The van der Waals surface area contributed by atoms with Crippen LogP contribution < -0.4 is 0 Å². The Bertz CT molecular complexity index is 2390. The average molecular weight is 1520 g/mol. The van der Waals surface area contributed by atoms with E-state index in [1.807, 2.05) is 47.0 Å². The van der Waals surface area contributed by atoms with Crippen molar-refractivity contribution < 1.29 is 0 Å². The summed E-state index contributed by atoms with van der Waals surface area (Å²) in [7, 11) is 0. The summed E-state index contributed by atoms with van der Waals surface area (Å²) in [6.07, 6.45) is 20.0. The van der Waals surface area contributed by atoms with Crippen LogP contribution in [-0.2, 0) is 0 Å². The van der Waals surface area contributed by atoms with E-state index < -0.39 is 0 Å². The molecule has 0 nitrogen and oxygen atoms in total. The van der Waals surface area contributed by atoms with E-state index in [-0.39, 0.29) is 0 Å². The highest BCUT2D eigenvalue weighted by molar-refractivity contribution is 8.45. The van der Waals surface area contributed by atoms with E-state index in [0.29, 0.717) is 0 Å². The molecule has 0 aromatic carbocycles. The van der Waals surface area contributed by atoms with Gasteiger partial charge in [-0.2, -0.15) is 0 Å². The van der Waals surface area contributed by atoms with Crippen LogP contribution in [-0.4, -0.2) is 46.0 Å². The Labute approximate surface area is 585 Å². The molecule has 0 atom stereocenters. The largest absolute Gasteiger partial charge is 0.118 e. The first-order valence-corrected chi connectivity index (χ1v) is 49.1. The van der Waals surface area contributed by atoms with Crippen LogP contribution >= 0.6 is 282 Å². The standard InChI is InChI=1S/C56H74S24/c1-9-17-25-57-35-33-65-49(67-35)51-69-37(43(75-51)59-27-19-11-3)39-45(61-29-21-13-5)77-53(71-39)55-73-41(47(79-55)63-31-23-15-7)42-48(64-32-24-16-8)80-56(74-42)54-72-40(46(78-54)62-30-22-14-6)38-44(60-28-20-12-4)76-52(70-38)50-66-34-36(68-50)58-26-18-10-2/h33-34H,9-32H2,1-8H3/b51-49-,52-50-,55-53-,56-54+. The van der Waals surface area contributed by atoms with Crippen LogP contribution in [0.2, 0.25) is 0 Å². The van der Waals surface area contributed by atoms with Crippen molar-refractivity contribution in [2.24, 2.45) is 0 Å². The van der Waals surface area contributed by atoms with E-state index in [9.17, 15) is 0 Å². The van der Waals surface area contributed by atoms with Gasteiger partial charge in [-0.25, -0.2) is 0 Å². The fourth-order valence-electron chi connectivity index (χ4n) is 6.90. The number of rotatable bonds is 35. The van der Waals surface area contributed by atoms with Gasteiger partial charge in [-0.3, -0.25) is 0 Å². The number of unbranched alkanes of at least 4 members (excludes halogenated alkanes) is 8. The van der Waals surface area contributed by atoms with E-state index in [0.717, 1.165) is 0 Å². The molecule has 0 N–H and O–H groups in total. The first kappa shape index (κ1) is 71.1. The van der Waals surface area contributed by atoms with Crippen molar-refractivity contribution in [3.05, 3.63) is 108 Å². The van der Waals surface area contributed by atoms with E-state index >= 15 is 0 Å². The summed E-state index contributed by atoms with van der Waals surface area (Å²) >= 11 is 50.1. The highest BCUT2D eigenvalue weighted by Gasteiger charge is 2.41. The SMILES string of the molecule is CCCCSC1=CS/C(=C2/SC(SCCCC)=C(C3=C(SCCCC)S/C(=C4\SC(SCCCC)=C(C5=C(SCCCC)S/C(=C6/SC(SCCCC)=C(C7=C(SCCCC)S/C(=C8/SC=C(SCCCC)S8)S7)S6)S5)S4)S3)S2)S1. The molecule has 8 heterocycles. The molecule has 442 valence electrons. The molecule has 0 radical (unpaired) electrons. The highest BCUT2D eigenvalue weighted by Crippen LogP contribution is 2.74. The lowest BCUT2D eigenvalue weighted by atomic mass is 10.4. The number of hydrogen-bond donors (Lipinski definition) is 0. The topological polar surface area (TPSA) is 0 Å². The van der Waals surface area contributed by atoms with Gasteiger partial charge in [0.25, 0.3) is 0 Å². The minimum atomic E-state index is 1.18. The van der Waals surface area contributed by atoms with Crippen LogP contribution in [0.15, 0.2) is 108 Å². The molecule has 0 aromatic rings. The van der Waals surface area contributed by atoms with Crippen LogP contribution in [0.4, 0.5) is 0 Å². The minimum absolute atomic E-state index is 1.18. The van der Waals surface area contributed by atoms with Gasteiger partial charge in [-0.15, -0.1) is 94.1 Å². The minimum Gasteiger partial charge on any atom is -0.118 e. The Morgan fingerprint density at radius 2 is 0.412 bits per heavy atom. The maximum Gasteiger partial charge on any atom is 0.0712 e. The second-order valence-corrected chi connectivity index (χ2v) is 47.3. The Morgan fingerprint density at radius 3 is 0.613 bits per heavy atom. The molecule has 0 unspecified atom stereocenters. The fraction of sp³-hybridized carbons (Fsp3) is 0.571. The van der Waals surface area contributed by atoms with Crippen molar-refractivity contribution >= 4 is 282 Å². The van der Waals surface area contributed by atoms with Crippen molar-refractivity contribution in [1.82, 2.24) is 0 Å². The van der Waals surface area contributed by atoms with Crippen LogP contribution in [0.5, 0.6) is 0 Å². The fourth-order valence-corrected chi connectivity index (χ4v) is 43.1. The molecule has 8 aliphatic rings. The van der Waals surface area contributed by atoms with Crippen molar-refractivity contribution in [3.63, 3.8) is 0 Å². The molecule has 0 aliphatic carbocycles. The highest BCUT2D eigenvalue weighted by atomic mass is 32.3. The molecule has 8 rings (SSSR count). The van der Waals surface area contributed by atoms with Crippen LogP contribution in [0.1, 0.15) is 158 Å². The van der Waals surface area contributed by atoms with Crippen LogP contribution in [0.25, 0.3) is 0 Å². The number of thioether (sulfide) groups is 24. The number of hydrogen-bond acceptors (Lipinski definition) is 24. The molecule has 0 aromatic heterocycles.